The maximum atomic E-state index is 5.82. The van der Waals surface area contributed by atoms with E-state index in [4.69, 9.17) is 15.0 Å². The molecular weight excluding hydrogens is 206 g/mol. The van der Waals surface area contributed by atoms with E-state index in [1.165, 1.54) is 0 Å². The molecule has 0 bridgehead atoms. The van der Waals surface area contributed by atoms with Crippen LogP contribution in [0.25, 0.3) is 0 Å². The first kappa shape index (κ1) is 13.1. The minimum Gasteiger partial charge on any atom is -0.384 e. The van der Waals surface area contributed by atoms with Gasteiger partial charge in [-0.05, 0) is 12.3 Å². The van der Waals surface area contributed by atoms with Gasteiger partial charge < -0.3 is 15.0 Å². The summed E-state index contributed by atoms with van der Waals surface area (Å²) in [5.41, 5.74) is 5.82. The van der Waals surface area contributed by atoms with E-state index >= 15 is 0 Å². The third kappa shape index (κ3) is 4.28. The molecule has 1 rings (SSSR count). The molecule has 1 heterocycles. The Hall–Kier alpha value is -0.940. The number of aromatic nitrogens is 2. The number of hydrogen-bond donors (Lipinski definition) is 1. The van der Waals surface area contributed by atoms with Crippen LogP contribution in [0.2, 0.25) is 0 Å². The lowest BCUT2D eigenvalue weighted by Gasteiger charge is -2.05. The van der Waals surface area contributed by atoms with Crippen molar-refractivity contribution in [3.8, 4) is 0 Å². The number of nitrogens with two attached hydrogens (primary N) is 1. The summed E-state index contributed by atoms with van der Waals surface area (Å²) in [4.78, 5) is 4.31. The van der Waals surface area contributed by atoms with Crippen molar-refractivity contribution in [3.63, 3.8) is 0 Å². The largest absolute Gasteiger partial charge is 0.384 e. The van der Waals surface area contributed by atoms with Gasteiger partial charge in [-0.25, -0.2) is 0 Å². The highest BCUT2D eigenvalue weighted by molar-refractivity contribution is 4.90. The average molecular weight is 227 g/mol. The van der Waals surface area contributed by atoms with E-state index in [0.717, 1.165) is 12.8 Å². The van der Waals surface area contributed by atoms with Gasteiger partial charge in [0, 0.05) is 32.6 Å². The lowest BCUT2D eigenvalue weighted by molar-refractivity contribution is 0.155. The van der Waals surface area contributed by atoms with Crippen molar-refractivity contribution in [3.05, 3.63) is 11.7 Å². The fourth-order valence-corrected chi connectivity index (χ4v) is 1.48. The lowest BCUT2D eigenvalue weighted by atomic mass is 10.1. The van der Waals surface area contributed by atoms with Crippen LogP contribution >= 0.6 is 0 Å². The van der Waals surface area contributed by atoms with E-state index in [1.54, 1.807) is 7.11 Å². The van der Waals surface area contributed by atoms with Gasteiger partial charge in [0.1, 0.15) is 0 Å². The highest BCUT2D eigenvalue weighted by atomic mass is 16.5. The minimum absolute atomic E-state index is 0.113. The van der Waals surface area contributed by atoms with Crippen LogP contribution in [0.4, 0.5) is 0 Å². The van der Waals surface area contributed by atoms with E-state index < -0.39 is 0 Å². The van der Waals surface area contributed by atoms with Crippen molar-refractivity contribution in [2.45, 2.75) is 39.2 Å². The summed E-state index contributed by atoms with van der Waals surface area (Å²) in [5.74, 6) is 1.76. The van der Waals surface area contributed by atoms with Gasteiger partial charge in [0.15, 0.2) is 5.82 Å². The van der Waals surface area contributed by atoms with Gasteiger partial charge in [0.2, 0.25) is 5.89 Å². The topological polar surface area (TPSA) is 74.2 Å². The van der Waals surface area contributed by atoms with Gasteiger partial charge in [-0.3, -0.25) is 0 Å². The smallest absolute Gasteiger partial charge is 0.226 e. The molecule has 1 aromatic heterocycles. The van der Waals surface area contributed by atoms with Crippen LogP contribution in [0.5, 0.6) is 0 Å². The quantitative estimate of drug-likeness (QED) is 0.757. The Morgan fingerprint density at radius 2 is 2.19 bits per heavy atom. The molecule has 0 spiro atoms. The molecule has 0 amide bonds. The molecule has 0 fully saturated rings. The molecular formula is C11H21N3O2. The van der Waals surface area contributed by atoms with Crippen LogP contribution in [0.3, 0.4) is 0 Å². The van der Waals surface area contributed by atoms with Crippen LogP contribution in [-0.4, -0.2) is 29.9 Å². The molecule has 5 nitrogen and oxygen atoms in total. The van der Waals surface area contributed by atoms with Gasteiger partial charge in [0.05, 0.1) is 0 Å². The Bertz CT molecular complexity index is 301. The summed E-state index contributed by atoms with van der Waals surface area (Å²) in [6, 6.07) is 0.113. The molecule has 2 atom stereocenters. The second-order valence-electron chi connectivity index (χ2n) is 4.24. The molecule has 0 saturated carbocycles. The molecule has 2 unspecified atom stereocenters. The van der Waals surface area contributed by atoms with E-state index in [2.05, 4.69) is 17.1 Å². The summed E-state index contributed by atoms with van der Waals surface area (Å²) in [6.07, 6.45) is 2.35. The van der Waals surface area contributed by atoms with Crippen molar-refractivity contribution >= 4 is 0 Å². The number of ether oxygens (including phenoxy) is 1. The normalized spacial score (nSPS) is 15.0. The number of nitrogens with zero attached hydrogens (tertiary/aromatic N) is 2. The van der Waals surface area contributed by atoms with E-state index in [-0.39, 0.29) is 6.04 Å². The first-order valence-corrected chi connectivity index (χ1v) is 5.71. The second kappa shape index (κ2) is 6.60. The van der Waals surface area contributed by atoms with Crippen LogP contribution < -0.4 is 5.73 Å². The standard InChI is InChI=1S/C11H21N3O2/c1-4-9(12)6-10-13-11(16-14-10)5-8(2)7-15-3/h8-9H,4-7,12H2,1-3H3. The monoisotopic (exact) mass is 227 g/mol. The Labute approximate surface area is 96.4 Å². The highest BCUT2D eigenvalue weighted by Gasteiger charge is 2.12. The van der Waals surface area contributed by atoms with Crippen LogP contribution in [0, 0.1) is 5.92 Å². The van der Waals surface area contributed by atoms with Gasteiger partial charge in [-0.15, -0.1) is 0 Å². The van der Waals surface area contributed by atoms with E-state index in [1.807, 2.05) is 6.92 Å². The van der Waals surface area contributed by atoms with Gasteiger partial charge in [-0.2, -0.15) is 4.98 Å². The molecule has 1 aromatic rings. The zero-order chi connectivity index (χ0) is 12.0. The van der Waals surface area contributed by atoms with Crippen molar-refractivity contribution in [2.24, 2.45) is 11.7 Å². The molecule has 0 saturated heterocycles. The molecule has 0 aliphatic heterocycles. The number of hydrogen-bond acceptors (Lipinski definition) is 5. The predicted octanol–water partition coefficient (Wildman–Crippen LogP) is 1.17. The third-order valence-electron chi connectivity index (χ3n) is 2.45. The van der Waals surface area contributed by atoms with Crippen LogP contribution in [-0.2, 0) is 17.6 Å². The van der Waals surface area contributed by atoms with Gasteiger partial charge >= 0.3 is 0 Å². The molecule has 0 aliphatic carbocycles. The summed E-state index contributed by atoms with van der Waals surface area (Å²) >= 11 is 0. The number of methoxy groups -OCH3 is 1. The number of rotatable bonds is 7. The van der Waals surface area contributed by atoms with E-state index in [0.29, 0.717) is 30.7 Å². The average Bonchev–Trinajstić information content (AvgIpc) is 2.65. The maximum absolute atomic E-state index is 5.82. The lowest BCUT2D eigenvalue weighted by Crippen LogP contribution is -2.22. The van der Waals surface area contributed by atoms with Crippen molar-refractivity contribution in [1.82, 2.24) is 10.1 Å². The molecule has 0 aliphatic rings. The summed E-state index contributed by atoms with van der Waals surface area (Å²) in [5, 5.41) is 3.91. The maximum Gasteiger partial charge on any atom is 0.226 e. The third-order valence-corrected chi connectivity index (χ3v) is 2.45. The summed E-state index contributed by atoms with van der Waals surface area (Å²) in [7, 11) is 1.69. The molecule has 92 valence electrons. The second-order valence-corrected chi connectivity index (χ2v) is 4.24. The van der Waals surface area contributed by atoms with Crippen molar-refractivity contribution in [1.29, 1.82) is 0 Å². The van der Waals surface area contributed by atoms with Crippen LogP contribution in [0.1, 0.15) is 32.0 Å². The Kier molecular flexibility index (Phi) is 5.42. The fraction of sp³-hybridized carbons (Fsp3) is 0.818. The molecule has 16 heavy (non-hydrogen) atoms. The first-order chi connectivity index (χ1) is 7.65. The molecule has 2 N–H and O–H groups in total. The first-order valence-electron chi connectivity index (χ1n) is 5.71. The summed E-state index contributed by atoms with van der Waals surface area (Å²) in [6.45, 7) is 4.84. The van der Waals surface area contributed by atoms with Crippen LogP contribution in [0.15, 0.2) is 4.52 Å². The van der Waals surface area contributed by atoms with Gasteiger partial charge in [-0.1, -0.05) is 19.0 Å². The SMILES string of the molecule is CCC(N)Cc1noc(CC(C)COC)n1. The Morgan fingerprint density at radius 3 is 2.81 bits per heavy atom. The Balaban J connectivity index is 2.44. The molecule has 0 aromatic carbocycles. The van der Waals surface area contributed by atoms with Crippen molar-refractivity contribution < 1.29 is 9.26 Å². The molecule has 5 heteroatoms. The van der Waals surface area contributed by atoms with E-state index in [9.17, 15) is 0 Å². The highest BCUT2D eigenvalue weighted by Crippen LogP contribution is 2.08. The minimum atomic E-state index is 0.113. The predicted molar refractivity (Wildman–Crippen MR) is 61.0 cm³/mol. The van der Waals surface area contributed by atoms with Crippen molar-refractivity contribution in [2.75, 3.05) is 13.7 Å². The molecule has 0 radical (unpaired) electrons. The fourth-order valence-electron chi connectivity index (χ4n) is 1.48. The summed E-state index contributed by atoms with van der Waals surface area (Å²) < 4.78 is 10.2. The zero-order valence-electron chi connectivity index (χ0n) is 10.3. The Morgan fingerprint density at radius 1 is 1.44 bits per heavy atom. The zero-order valence-corrected chi connectivity index (χ0v) is 10.3. The van der Waals surface area contributed by atoms with Gasteiger partial charge in [0.25, 0.3) is 0 Å².